The lowest BCUT2D eigenvalue weighted by atomic mass is 10.1. The Morgan fingerprint density at radius 1 is 1.24 bits per heavy atom. The first-order valence-electron chi connectivity index (χ1n) is 7.71. The van der Waals surface area contributed by atoms with Crippen molar-refractivity contribution in [3.8, 4) is 5.75 Å². The molecule has 0 amide bonds. The van der Waals surface area contributed by atoms with Crippen LogP contribution in [0.2, 0.25) is 0 Å². The van der Waals surface area contributed by atoms with Crippen molar-refractivity contribution < 1.29 is 4.74 Å². The molecule has 1 aromatic carbocycles. The SMILES string of the molecule is COc1ccc(C(C)n2ccnc2NC2CCCC2)cc1. The third kappa shape index (κ3) is 3.04. The second-order valence-corrected chi connectivity index (χ2v) is 5.73. The van der Waals surface area contributed by atoms with E-state index < -0.39 is 0 Å². The van der Waals surface area contributed by atoms with E-state index in [9.17, 15) is 0 Å². The molecule has 1 aliphatic carbocycles. The molecule has 4 nitrogen and oxygen atoms in total. The monoisotopic (exact) mass is 285 g/mol. The number of anilines is 1. The van der Waals surface area contributed by atoms with E-state index in [1.807, 2.05) is 24.5 Å². The van der Waals surface area contributed by atoms with Crippen molar-refractivity contribution in [2.24, 2.45) is 0 Å². The van der Waals surface area contributed by atoms with Gasteiger partial charge >= 0.3 is 0 Å². The van der Waals surface area contributed by atoms with Gasteiger partial charge in [-0.3, -0.25) is 0 Å². The number of nitrogens with zero attached hydrogens (tertiary/aromatic N) is 2. The summed E-state index contributed by atoms with van der Waals surface area (Å²) in [5.74, 6) is 1.87. The van der Waals surface area contributed by atoms with E-state index in [4.69, 9.17) is 4.74 Å². The predicted molar refractivity (Wildman–Crippen MR) is 84.9 cm³/mol. The molecule has 1 saturated carbocycles. The van der Waals surface area contributed by atoms with Crippen molar-refractivity contribution in [3.05, 3.63) is 42.2 Å². The second-order valence-electron chi connectivity index (χ2n) is 5.73. The standard InChI is InChI=1S/C17H23N3O/c1-13(14-7-9-16(21-2)10-8-14)20-12-11-18-17(20)19-15-5-3-4-6-15/h7-13,15H,3-6H2,1-2H3,(H,18,19). The number of aromatic nitrogens is 2. The smallest absolute Gasteiger partial charge is 0.203 e. The van der Waals surface area contributed by atoms with Gasteiger partial charge in [0.25, 0.3) is 0 Å². The van der Waals surface area contributed by atoms with Crippen molar-refractivity contribution in [1.29, 1.82) is 0 Å². The number of ether oxygens (including phenoxy) is 1. The fourth-order valence-corrected chi connectivity index (χ4v) is 3.03. The average Bonchev–Trinajstić information content (AvgIpc) is 3.19. The first kappa shape index (κ1) is 14.0. The minimum Gasteiger partial charge on any atom is -0.497 e. The number of hydrogen-bond donors (Lipinski definition) is 1. The third-order valence-electron chi connectivity index (χ3n) is 4.37. The minimum atomic E-state index is 0.252. The Labute approximate surface area is 126 Å². The lowest BCUT2D eigenvalue weighted by molar-refractivity contribution is 0.414. The number of imidazole rings is 1. The lowest BCUT2D eigenvalue weighted by Crippen LogP contribution is -2.19. The number of benzene rings is 1. The number of nitrogens with one attached hydrogen (secondary N) is 1. The van der Waals surface area contributed by atoms with Gasteiger partial charge in [0.15, 0.2) is 0 Å². The van der Waals surface area contributed by atoms with E-state index in [-0.39, 0.29) is 6.04 Å². The molecule has 0 radical (unpaired) electrons. The summed E-state index contributed by atoms with van der Waals surface area (Å²) in [6.07, 6.45) is 9.08. The van der Waals surface area contributed by atoms with Crippen LogP contribution >= 0.6 is 0 Å². The molecular weight excluding hydrogens is 262 g/mol. The molecule has 0 saturated heterocycles. The highest BCUT2D eigenvalue weighted by Crippen LogP contribution is 2.26. The van der Waals surface area contributed by atoms with Crippen LogP contribution in [0.25, 0.3) is 0 Å². The number of rotatable bonds is 5. The van der Waals surface area contributed by atoms with Gasteiger partial charge in [-0.1, -0.05) is 25.0 Å². The molecule has 0 bridgehead atoms. The lowest BCUT2D eigenvalue weighted by Gasteiger charge is -2.20. The summed E-state index contributed by atoms with van der Waals surface area (Å²) in [6.45, 7) is 2.20. The quantitative estimate of drug-likeness (QED) is 0.906. The highest BCUT2D eigenvalue weighted by molar-refractivity contribution is 5.34. The van der Waals surface area contributed by atoms with Gasteiger partial charge in [0.05, 0.1) is 13.2 Å². The first-order chi connectivity index (χ1) is 10.3. The van der Waals surface area contributed by atoms with Crippen LogP contribution < -0.4 is 10.1 Å². The van der Waals surface area contributed by atoms with Gasteiger partial charge in [-0.25, -0.2) is 4.98 Å². The molecule has 1 heterocycles. The summed E-state index contributed by atoms with van der Waals surface area (Å²) >= 11 is 0. The highest BCUT2D eigenvalue weighted by Gasteiger charge is 2.18. The van der Waals surface area contributed by atoms with Crippen molar-refractivity contribution >= 4 is 5.95 Å². The zero-order valence-corrected chi connectivity index (χ0v) is 12.7. The fraction of sp³-hybridized carbons (Fsp3) is 0.471. The summed E-state index contributed by atoms with van der Waals surface area (Å²) < 4.78 is 7.43. The molecule has 1 fully saturated rings. The summed E-state index contributed by atoms with van der Waals surface area (Å²) in [6, 6.07) is 9.07. The Morgan fingerprint density at radius 2 is 1.95 bits per heavy atom. The summed E-state index contributed by atoms with van der Waals surface area (Å²) in [5.41, 5.74) is 1.25. The summed E-state index contributed by atoms with van der Waals surface area (Å²) in [7, 11) is 1.69. The maximum Gasteiger partial charge on any atom is 0.203 e. The molecule has 1 aromatic heterocycles. The topological polar surface area (TPSA) is 39.1 Å². The van der Waals surface area contributed by atoms with Crippen LogP contribution in [-0.2, 0) is 0 Å². The summed E-state index contributed by atoms with van der Waals surface area (Å²) in [4.78, 5) is 4.49. The fourth-order valence-electron chi connectivity index (χ4n) is 3.03. The van der Waals surface area contributed by atoms with E-state index in [0.29, 0.717) is 6.04 Å². The van der Waals surface area contributed by atoms with Crippen LogP contribution in [-0.4, -0.2) is 22.7 Å². The number of hydrogen-bond acceptors (Lipinski definition) is 3. The maximum absolute atomic E-state index is 5.22. The molecule has 0 aliphatic heterocycles. The molecule has 4 heteroatoms. The molecule has 1 unspecified atom stereocenters. The Balaban J connectivity index is 1.77. The van der Waals surface area contributed by atoms with E-state index in [2.05, 4.69) is 33.9 Å². The largest absolute Gasteiger partial charge is 0.497 e. The van der Waals surface area contributed by atoms with Crippen LogP contribution in [0.15, 0.2) is 36.7 Å². The van der Waals surface area contributed by atoms with Gasteiger partial charge in [0.1, 0.15) is 5.75 Å². The van der Waals surface area contributed by atoms with Crippen molar-refractivity contribution in [2.75, 3.05) is 12.4 Å². The van der Waals surface area contributed by atoms with Gasteiger partial charge in [0.2, 0.25) is 5.95 Å². The Hall–Kier alpha value is -1.97. The summed E-state index contributed by atoms with van der Waals surface area (Å²) in [5, 5.41) is 3.59. The Morgan fingerprint density at radius 3 is 2.62 bits per heavy atom. The molecule has 1 aliphatic rings. The molecule has 0 spiro atoms. The van der Waals surface area contributed by atoms with Gasteiger partial charge in [0, 0.05) is 18.4 Å². The second kappa shape index (κ2) is 6.20. The van der Waals surface area contributed by atoms with Crippen LogP contribution in [0.3, 0.4) is 0 Å². The molecule has 1 atom stereocenters. The third-order valence-corrected chi connectivity index (χ3v) is 4.37. The van der Waals surface area contributed by atoms with Gasteiger partial charge in [-0.2, -0.15) is 0 Å². The van der Waals surface area contributed by atoms with Crippen molar-refractivity contribution in [3.63, 3.8) is 0 Å². The van der Waals surface area contributed by atoms with Gasteiger partial charge < -0.3 is 14.6 Å². The molecule has 3 rings (SSSR count). The zero-order valence-electron chi connectivity index (χ0n) is 12.7. The van der Waals surface area contributed by atoms with E-state index in [0.717, 1.165) is 11.7 Å². The van der Waals surface area contributed by atoms with Gasteiger partial charge in [-0.15, -0.1) is 0 Å². The Kier molecular flexibility index (Phi) is 4.13. The molecular formula is C17H23N3O. The first-order valence-corrected chi connectivity index (χ1v) is 7.71. The van der Waals surface area contributed by atoms with E-state index >= 15 is 0 Å². The maximum atomic E-state index is 5.22. The average molecular weight is 285 g/mol. The number of methoxy groups -OCH3 is 1. The van der Waals surface area contributed by atoms with E-state index in [1.165, 1.54) is 31.2 Å². The minimum absolute atomic E-state index is 0.252. The van der Waals surface area contributed by atoms with Gasteiger partial charge in [-0.05, 0) is 37.5 Å². The molecule has 112 valence electrons. The Bertz CT molecular complexity index is 570. The zero-order chi connectivity index (χ0) is 14.7. The van der Waals surface area contributed by atoms with Crippen LogP contribution in [0, 0.1) is 0 Å². The predicted octanol–water partition coefficient (Wildman–Crippen LogP) is 3.86. The van der Waals surface area contributed by atoms with Crippen molar-refractivity contribution in [1.82, 2.24) is 9.55 Å². The van der Waals surface area contributed by atoms with Crippen LogP contribution in [0.1, 0.15) is 44.2 Å². The van der Waals surface area contributed by atoms with E-state index in [1.54, 1.807) is 7.11 Å². The molecule has 1 N–H and O–H groups in total. The molecule has 2 aromatic rings. The van der Waals surface area contributed by atoms with Crippen LogP contribution in [0.4, 0.5) is 5.95 Å². The van der Waals surface area contributed by atoms with Crippen molar-refractivity contribution in [2.45, 2.75) is 44.7 Å². The highest BCUT2D eigenvalue weighted by atomic mass is 16.5. The molecule has 21 heavy (non-hydrogen) atoms. The van der Waals surface area contributed by atoms with Crippen LogP contribution in [0.5, 0.6) is 5.75 Å². The normalized spacial score (nSPS) is 16.9.